The van der Waals surface area contributed by atoms with Gasteiger partial charge in [-0.3, -0.25) is 9.59 Å². The molecule has 2 aliphatic heterocycles. The molecule has 0 bridgehead atoms. The first-order chi connectivity index (χ1) is 9.72. The summed E-state index contributed by atoms with van der Waals surface area (Å²) in [7, 11) is 0. The van der Waals surface area contributed by atoms with Crippen LogP contribution in [-0.2, 0) is 22.6 Å². The Bertz CT molecular complexity index is 520. The van der Waals surface area contributed by atoms with Crippen molar-refractivity contribution in [1.29, 1.82) is 0 Å². The lowest BCUT2D eigenvalue weighted by atomic mass is 9.95. The first kappa shape index (κ1) is 13.1. The van der Waals surface area contributed by atoms with Crippen molar-refractivity contribution in [2.45, 2.75) is 37.9 Å². The molecule has 5 nitrogen and oxygen atoms in total. The Hall–Kier alpha value is -1.88. The number of amides is 2. The first-order valence-electron chi connectivity index (χ1n) is 7.09. The Balaban J connectivity index is 1.57. The zero-order valence-electron chi connectivity index (χ0n) is 11.3. The second kappa shape index (κ2) is 5.63. The molecule has 1 aromatic carbocycles. The van der Waals surface area contributed by atoms with E-state index in [0.717, 1.165) is 19.4 Å². The van der Waals surface area contributed by atoms with Crippen LogP contribution in [0.2, 0.25) is 0 Å². The molecule has 20 heavy (non-hydrogen) atoms. The van der Waals surface area contributed by atoms with Gasteiger partial charge in [-0.25, -0.2) is 0 Å². The Labute approximate surface area is 118 Å². The minimum absolute atomic E-state index is 0.0284. The summed E-state index contributed by atoms with van der Waals surface area (Å²) in [6.07, 6.45) is 1.94. The van der Waals surface area contributed by atoms with Crippen LogP contribution in [0.25, 0.3) is 0 Å². The van der Waals surface area contributed by atoms with Gasteiger partial charge in [0.25, 0.3) is 0 Å². The number of hydrogen-bond acceptors (Lipinski definition) is 3. The standard InChI is InChI=1S/C15H19N3O2/c19-14-6-5-12(9-17-14)18-15(20)13-7-10-3-1-2-4-11(10)8-16-13/h1-4,12-13,16H,5-9H2,(H,17,19)(H,18,20)/t12?,13-/m1/s1. The summed E-state index contributed by atoms with van der Waals surface area (Å²) in [4.78, 5) is 23.4. The van der Waals surface area contributed by atoms with Gasteiger partial charge < -0.3 is 16.0 Å². The Morgan fingerprint density at radius 2 is 2.05 bits per heavy atom. The molecule has 0 saturated carbocycles. The highest BCUT2D eigenvalue weighted by molar-refractivity contribution is 5.83. The maximum Gasteiger partial charge on any atom is 0.237 e. The van der Waals surface area contributed by atoms with Crippen molar-refractivity contribution in [3.63, 3.8) is 0 Å². The molecule has 2 atom stereocenters. The van der Waals surface area contributed by atoms with E-state index in [-0.39, 0.29) is 23.9 Å². The first-order valence-corrected chi connectivity index (χ1v) is 7.09. The van der Waals surface area contributed by atoms with E-state index in [1.54, 1.807) is 0 Å². The summed E-state index contributed by atoms with van der Waals surface area (Å²) in [6, 6.07) is 8.08. The minimum atomic E-state index is -0.178. The summed E-state index contributed by atoms with van der Waals surface area (Å²) in [5, 5.41) is 9.08. The maximum absolute atomic E-state index is 12.3. The van der Waals surface area contributed by atoms with Crippen LogP contribution in [0.5, 0.6) is 0 Å². The molecule has 0 aromatic heterocycles. The number of nitrogens with one attached hydrogen (secondary N) is 3. The van der Waals surface area contributed by atoms with E-state index >= 15 is 0 Å². The maximum atomic E-state index is 12.3. The number of hydrogen-bond donors (Lipinski definition) is 3. The predicted octanol–water partition coefficient (Wildman–Crippen LogP) is 0.0957. The Morgan fingerprint density at radius 1 is 1.25 bits per heavy atom. The van der Waals surface area contributed by atoms with Gasteiger partial charge in [0.05, 0.1) is 6.04 Å². The zero-order valence-corrected chi connectivity index (χ0v) is 11.3. The van der Waals surface area contributed by atoms with E-state index in [2.05, 4.69) is 28.1 Å². The Morgan fingerprint density at radius 3 is 2.80 bits per heavy atom. The molecule has 0 spiro atoms. The summed E-state index contributed by atoms with van der Waals surface area (Å²) < 4.78 is 0. The molecule has 1 aromatic rings. The van der Waals surface area contributed by atoms with Crippen LogP contribution in [0.15, 0.2) is 24.3 Å². The van der Waals surface area contributed by atoms with Crippen molar-refractivity contribution < 1.29 is 9.59 Å². The van der Waals surface area contributed by atoms with Gasteiger partial charge in [-0.1, -0.05) is 24.3 Å². The molecule has 106 valence electrons. The highest BCUT2D eigenvalue weighted by atomic mass is 16.2. The monoisotopic (exact) mass is 273 g/mol. The average molecular weight is 273 g/mol. The van der Waals surface area contributed by atoms with E-state index < -0.39 is 0 Å². The van der Waals surface area contributed by atoms with Gasteiger partial charge >= 0.3 is 0 Å². The van der Waals surface area contributed by atoms with E-state index in [9.17, 15) is 9.59 Å². The molecule has 1 unspecified atom stereocenters. The van der Waals surface area contributed by atoms with Crippen LogP contribution >= 0.6 is 0 Å². The van der Waals surface area contributed by atoms with Crippen molar-refractivity contribution in [3.8, 4) is 0 Å². The average Bonchev–Trinajstić information content (AvgIpc) is 2.49. The van der Waals surface area contributed by atoms with Crippen molar-refractivity contribution in [3.05, 3.63) is 35.4 Å². The molecule has 2 aliphatic rings. The number of piperidine rings is 1. The smallest absolute Gasteiger partial charge is 0.237 e. The second-order valence-electron chi connectivity index (χ2n) is 5.45. The molecule has 2 amide bonds. The molecule has 3 rings (SSSR count). The van der Waals surface area contributed by atoms with Gasteiger partial charge in [-0.15, -0.1) is 0 Å². The zero-order chi connectivity index (χ0) is 13.9. The van der Waals surface area contributed by atoms with Crippen LogP contribution in [0.3, 0.4) is 0 Å². The van der Waals surface area contributed by atoms with Crippen molar-refractivity contribution in [1.82, 2.24) is 16.0 Å². The quantitative estimate of drug-likeness (QED) is 0.715. The lowest BCUT2D eigenvalue weighted by molar-refractivity contribution is -0.126. The van der Waals surface area contributed by atoms with Crippen molar-refractivity contribution >= 4 is 11.8 Å². The number of rotatable bonds is 2. The molecule has 0 aliphatic carbocycles. The van der Waals surface area contributed by atoms with Crippen LogP contribution in [0, 0.1) is 0 Å². The van der Waals surface area contributed by atoms with Gasteiger partial charge in [0.2, 0.25) is 11.8 Å². The fourth-order valence-corrected chi connectivity index (χ4v) is 2.80. The second-order valence-corrected chi connectivity index (χ2v) is 5.45. The van der Waals surface area contributed by atoms with Crippen LogP contribution in [-0.4, -0.2) is 30.4 Å². The molecule has 0 radical (unpaired) electrons. The van der Waals surface area contributed by atoms with E-state index in [1.807, 2.05) is 12.1 Å². The van der Waals surface area contributed by atoms with Gasteiger partial charge in [-0.2, -0.15) is 0 Å². The molecule has 1 saturated heterocycles. The normalized spacial score (nSPS) is 25.5. The van der Waals surface area contributed by atoms with Crippen LogP contribution in [0.1, 0.15) is 24.0 Å². The fraction of sp³-hybridized carbons (Fsp3) is 0.467. The minimum Gasteiger partial charge on any atom is -0.354 e. The molecule has 3 N–H and O–H groups in total. The molecular formula is C15H19N3O2. The highest BCUT2D eigenvalue weighted by Crippen LogP contribution is 2.16. The van der Waals surface area contributed by atoms with E-state index in [1.165, 1.54) is 11.1 Å². The highest BCUT2D eigenvalue weighted by Gasteiger charge is 2.27. The van der Waals surface area contributed by atoms with E-state index in [0.29, 0.717) is 13.0 Å². The molecule has 5 heteroatoms. The largest absolute Gasteiger partial charge is 0.354 e. The lowest BCUT2D eigenvalue weighted by Gasteiger charge is -2.29. The fourth-order valence-electron chi connectivity index (χ4n) is 2.80. The van der Waals surface area contributed by atoms with Gasteiger partial charge in [0, 0.05) is 25.6 Å². The summed E-state index contributed by atoms with van der Waals surface area (Å²) in [5.41, 5.74) is 2.50. The Kier molecular flexibility index (Phi) is 3.69. The summed E-state index contributed by atoms with van der Waals surface area (Å²) >= 11 is 0. The molecule has 2 heterocycles. The van der Waals surface area contributed by atoms with Crippen molar-refractivity contribution in [2.24, 2.45) is 0 Å². The number of benzene rings is 1. The predicted molar refractivity (Wildman–Crippen MR) is 74.9 cm³/mol. The van der Waals surface area contributed by atoms with E-state index in [4.69, 9.17) is 0 Å². The van der Waals surface area contributed by atoms with Crippen LogP contribution < -0.4 is 16.0 Å². The van der Waals surface area contributed by atoms with Gasteiger partial charge in [0.1, 0.15) is 0 Å². The number of carbonyl (C=O) groups excluding carboxylic acids is 2. The molecule has 1 fully saturated rings. The summed E-state index contributed by atoms with van der Waals surface area (Å²) in [5.74, 6) is 0.0980. The van der Waals surface area contributed by atoms with Gasteiger partial charge in [0.15, 0.2) is 0 Å². The van der Waals surface area contributed by atoms with Crippen LogP contribution in [0.4, 0.5) is 0 Å². The SMILES string of the molecule is O=C1CCC(NC(=O)[C@H]2Cc3ccccc3CN2)CN1. The third kappa shape index (κ3) is 2.82. The topological polar surface area (TPSA) is 70.2 Å². The third-order valence-electron chi connectivity index (χ3n) is 4.01. The van der Waals surface area contributed by atoms with Crippen molar-refractivity contribution in [2.75, 3.05) is 6.54 Å². The summed E-state index contributed by atoms with van der Waals surface area (Å²) in [6.45, 7) is 1.27. The lowest BCUT2D eigenvalue weighted by Crippen LogP contribution is -2.54. The number of carbonyl (C=O) groups is 2. The molecular weight excluding hydrogens is 254 g/mol. The third-order valence-corrected chi connectivity index (χ3v) is 4.01. The number of fused-ring (bicyclic) bond motifs is 1. The van der Waals surface area contributed by atoms with Gasteiger partial charge in [-0.05, 0) is 24.0 Å².